The molecule has 0 N–H and O–H groups in total. The number of hydrogen-bond donors (Lipinski definition) is 0. The number of halogens is 2. The zero-order valence-corrected chi connectivity index (χ0v) is 12.8. The van der Waals surface area contributed by atoms with Crippen LogP contribution in [0.25, 0.3) is 5.69 Å². The summed E-state index contributed by atoms with van der Waals surface area (Å²) < 4.78 is 14.5. The van der Waals surface area contributed by atoms with E-state index in [-0.39, 0.29) is 18.2 Å². The average molecular weight is 330 g/mol. The summed E-state index contributed by atoms with van der Waals surface area (Å²) in [5.74, 6) is -0.818. The monoisotopic (exact) mass is 329 g/mol. The summed E-state index contributed by atoms with van der Waals surface area (Å²) in [5, 5.41) is 4.67. The molecule has 1 aromatic heterocycles. The molecule has 0 fully saturated rings. The van der Waals surface area contributed by atoms with Crippen molar-refractivity contribution in [1.82, 2.24) is 9.78 Å². The van der Waals surface area contributed by atoms with Crippen molar-refractivity contribution in [1.29, 1.82) is 0 Å². The second-order valence-electron chi connectivity index (χ2n) is 4.59. The van der Waals surface area contributed by atoms with Crippen molar-refractivity contribution >= 4 is 18.3 Å². The maximum Gasteiger partial charge on any atom is 0.277 e. The van der Waals surface area contributed by atoms with Crippen LogP contribution in [-0.2, 0) is 0 Å². The van der Waals surface area contributed by atoms with Crippen molar-refractivity contribution < 1.29 is 9.18 Å². The van der Waals surface area contributed by atoms with Gasteiger partial charge in [-0.3, -0.25) is 4.79 Å². The summed E-state index contributed by atoms with van der Waals surface area (Å²) in [6.45, 7) is 0. The fourth-order valence-corrected chi connectivity index (χ4v) is 1.92. The minimum Gasteiger partial charge on any atom is -0.267 e. The van der Waals surface area contributed by atoms with E-state index in [0.29, 0.717) is 10.9 Å². The molecular weight excluding hydrogens is 317 g/mol. The molecule has 1 amide bonds. The van der Waals surface area contributed by atoms with E-state index in [2.05, 4.69) is 10.1 Å². The van der Waals surface area contributed by atoms with Gasteiger partial charge in [-0.1, -0.05) is 18.2 Å². The van der Waals surface area contributed by atoms with E-state index >= 15 is 0 Å². The summed E-state index contributed by atoms with van der Waals surface area (Å²) in [6, 6.07) is 16.6. The zero-order chi connectivity index (χ0) is 15.4. The van der Waals surface area contributed by atoms with Crippen LogP contribution in [0.3, 0.4) is 0 Å². The Morgan fingerprint density at radius 1 is 1.00 bits per heavy atom. The first-order valence-electron chi connectivity index (χ1n) is 6.67. The average Bonchev–Trinajstić information content (AvgIpc) is 2.57. The fourth-order valence-electron chi connectivity index (χ4n) is 1.92. The van der Waals surface area contributed by atoms with Crippen LogP contribution in [-0.4, -0.2) is 15.7 Å². The van der Waals surface area contributed by atoms with Gasteiger partial charge in [0.25, 0.3) is 5.91 Å². The lowest BCUT2D eigenvalue weighted by atomic mass is 10.2. The van der Waals surface area contributed by atoms with Gasteiger partial charge in [-0.05, 0) is 42.5 Å². The van der Waals surface area contributed by atoms with E-state index in [1.807, 2.05) is 30.3 Å². The van der Waals surface area contributed by atoms with Gasteiger partial charge in [0, 0.05) is 11.8 Å². The third-order valence-corrected chi connectivity index (χ3v) is 3.04. The van der Waals surface area contributed by atoms with Gasteiger partial charge in [-0.15, -0.1) is 12.4 Å². The maximum absolute atomic E-state index is 12.8. The molecule has 3 aromatic rings. The Labute approximate surface area is 138 Å². The second kappa shape index (κ2) is 7.47. The largest absolute Gasteiger partial charge is 0.277 e. The van der Waals surface area contributed by atoms with Crippen LogP contribution in [0.5, 0.6) is 0 Å². The topological polar surface area (TPSA) is 47.2 Å². The van der Waals surface area contributed by atoms with E-state index in [1.165, 1.54) is 30.5 Å². The van der Waals surface area contributed by atoms with E-state index in [0.717, 1.165) is 5.69 Å². The Morgan fingerprint density at radius 3 is 2.30 bits per heavy atom. The van der Waals surface area contributed by atoms with Gasteiger partial charge in [-0.2, -0.15) is 5.10 Å². The van der Waals surface area contributed by atoms with Crippen LogP contribution in [0.2, 0.25) is 0 Å². The molecule has 23 heavy (non-hydrogen) atoms. The van der Waals surface area contributed by atoms with E-state index in [9.17, 15) is 9.18 Å². The van der Waals surface area contributed by atoms with Gasteiger partial charge in [0.1, 0.15) is 5.82 Å². The summed E-state index contributed by atoms with van der Waals surface area (Å²) in [7, 11) is 0. The molecule has 6 heteroatoms. The van der Waals surface area contributed by atoms with Crippen molar-refractivity contribution in [2.75, 3.05) is 0 Å². The lowest BCUT2D eigenvalue weighted by molar-refractivity contribution is 0.0998. The SMILES string of the molecule is Cl.O=C(N=c1ccn(-c2ccccc2)nc1)c1ccc(F)cc1. The molecule has 0 bridgehead atoms. The quantitative estimate of drug-likeness (QED) is 0.725. The smallest absolute Gasteiger partial charge is 0.267 e. The number of aromatic nitrogens is 2. The molecule has 116 valence electrons. The summed E-state index contributed by atoms with van der Waals surface area (Å²) in [4.78, 5) is 15.9. The first-order chi connectivity index (χ1) is 10.7. The Bertz CT molecular complexity index is 841. The van der Waals surface area contributed by atoms with Gasteiger partial charge in [0.15, 0.2) is 0 Å². The Hall–Kier alpha value is -2.79. The second-order valence-corrected chi connectivity index (χ2v) is 4.59. The Kier molecular flexibility index (Phi) is 5.38. The standard InChI is InChI=1S/C17H12FN3O.ClH/c18-14-8-6-13(7-9-14)17(22)20-15-10-11-21(19-12-15)16-4-2-1-3-5-16;/h1-12H;1H. The lowest BCUT2D eigenvalue weighted by Gasteiger charge is -2.03. The first kappa shape index (κ1) is 16.6. The third kappa shape index (κ3) is 4.11. The Morgan fingerprint density at radius 2 is 1.70 bits per heavy atom. The number of carbonyl (C=O) groups excluding carboxylic acids is 1. The molecule has 0 aliphatic heterocycles. The van der Waals surface area contributed by atoms with E-state index in [1.54, 1.807) is 16.9 Å². The van der Waals surface area contributed by atoms with Gasteiger partial charge in [-0.25, -0.2) is 14.1 Å². The molecule has 0 atom stereocenters. The predicted octanol–water partition coefficient (Wildman–Crippen LogP) is 3.17. The van der Waals surface area contributed by atoms with Crippen LogP contribution in [0.1, 0.15) is 10.4 Å². The summed E-state index contributed by atoms with van der Waals surface area (Å²) in [6.07, 6.45) is 3.24. The highest BCUT2D eigenvalue weighted by Crippen LogP contribution is 2.04. The number of nitrogens with zero attached hydrogens (tertiary/aromatic N) is 3. The number of amides is 1. The molecule has 1 heterocycles. The lowest BCUT2D eigenvalue weighted by Crippen LogP contribution is -2.11. The number of hydrogen-bond acceptors (Lipinski definition) is 2. The fraction of sp³-hybridized carbons (Fsp3) is 0. The van der Waals surface area contributed by atoms with Gasteiger partial charge < -0.3 is 0 Å². The normalized spacial score (nSPS) is 10.9. The van der Waals surface area contributed by atoms with Crippen molar-refractivity contribution in [2.45, 2.75) is 0 Å². The zero-order valence-electron chi connectivity index (χ0n) is 12.0. The van der Waals surface area contributed by atoms with Gasteiger partial charge in [0.05, 0.1) is 17.2 Å². The highest BCUT2D eigenvalue weighted by molar-refractivity contribution is 5.94. The third-order valence-electron chi connectivity index (χ3n) is 3.04. The maximum atomic E-state index is 12.8. The van der Waals surface area contributed by atoms with Crippen molar-refractivity contribution in [3.05, 3.63) is 89.8 Å². The van der Waals surface area contributed by atoms with Gasteiger partial charge in [0.2, 0.25) is 0 Å². The van der Waals surface area contributed by atoms with E-state index < -0.39 is 5.91 Å². The molecule has 0 aliphatic rings. The van der Waals surface area contributed by atoms with E-state index in [4.69, 9.17) is 0 Å². The summed E-state index contributed by atoms with van der Waals surface area (Å²) >= 11 is 0. The van der Waals surface area contributed by atoms with Crippen LogP contribution in [0.4, 0.5) is 4.39 Å². The van der Waals surface area contributed by atoms with Crippen LogP contribution in [0, 0.1) is 5.82 Å². The molecule has 0 aliphatic carbocycles. The molecule has 0 radical (unpaired) electrons. The molecule has 3 rings (SSSR count). The highest BCUT2D eigenvalue weighted by Gasteiger charge is 2.03. The number of para-hydroxylation sites is 1. The molecule has 4 nitrogen and oxygen atoms in total. The molecule has 0 unspecified atom stereocenters. The molecule has 0 saturated heterocycles. The molecule has 0 saturated carbocycles. The highest BCUT2D eigenvalue weighted by atomic mass is 35.5. The molecule has 2 aromatic carbocycles. The Balaban J connectivity index is 0.00000192. The minimum atomic E-state index is -0.431. The predicted molar refractivity (Wildman–Crippen MR) is 87.1 cm³/mol. The molecule has 0 spiro atoms. The first-order valence-corrected chi connectivity index (χ1v) is 6.67. The molecular formula is C17H13ClFN3O. The number of carbonyl (C=O) groups is 1. The van der Waals surface area contributed by atoms with Crippen molar-refractivity contribution in [2.24, 2.45) is 4.99 Å². The van der Waals surface area contributed by atoms with Crippen LogP contribution < -0.4 is 5.36 Å². The minimum absolute atomic E-state index is 0. The number of rotatable bonds is 2. The summed E-state index contributed by atoms with van der Waals surface area (Å²) in [5.41, 5.74) is 1.25. The van der Waals surface area contributed by atoms with Crippen LogP contribution >= 0.6 is 12.4 Å². The van der Waals surface area contributed by atoms with Crippen molar-refractivity contribution in [3.8, 4) is 5.69 Å². The van der Waals surface area contributed by atoms with Gasteiger partial charge >= 0.3 is 0 Å². The van der Waals surface area contributed by atoms with Crippen LogP contribution in [0.15, 0.2) is 78.0 Å². The number of benzene rings is 2. The van der Waals surface area contributed by atoms with Crippen molar-refractivity contribution in [3.63, 3.8) is 0 Å².